The maximum absolute atomic E-state index is 13.8. The van der Waals surface area contributed by atoms with Gasteiger partial charge in [-0.05, 0) is 35.2 Å². The summed E-state index contributed by atoms with van der Waals surface area (Å²) in [7, 11) is 1.20. The Hall–Kier alpha value is -3.23. The lowest BCUT2D eigenvalue weighted by molar-refractivity contribution is -0.142. The van der Waals surface area contributed by atoms with Crippen LogP contribution < -0.4 is 5.73 Å². The van der Waals surface area contributed by atoms with Crippen molar-refractivity contribution >= 4 is 44.3 Å². The van der Waals surface area contributed by atoms with E-state index in [0.717, 1.165) is 15.6 Å². The second-order valence-corrected chi connectivity index (χ2v) is 7.48. The second kappa shape index (κ2) is 7.31. The molecule has 4 rings (SSSR count). The average Bonchev–Trinajstić information content (AvgIpc) is 3.26. The van der Waals surface area contributed by atoms with E-state index >= 15 is 0 Å². The van der Waals surface area contributed by atoms with Gasteiger partial charge >= 0.3 is 11.9 Å². The van der Waals surface area contributed by atoms with Crippen molar-refractivity contribution < 1.29 is 23.8 Å². The van der Waals surface area contributed by atoms with Crippen molar-refractivity contribution in [3.8, 4) is 0 Å². The quantitative estimate of drug-likeness (QED) is 0.485. The third-order valence-corrected chi connectivity index (χ3v) is 5.94. The molecule has 0 amide bonds. The highest BCUT2D eigenvalue weighted by Crippen LogP contribution is 2.34. The molecule has 2 aromatic carbocycles. The second-order valence-electron chi connectivity index (χ2n) is 6.57. The van der Waals surface area contributed by atoms with Crippen molar-refractivity contribution in [2.24, 2.45) is 5.73 Å². The molecule has 2 heterocycles. The van der Waals surface area contributed by atoms with Gasteiger partial charge in [-0.2, -0.15) is 0 Å². The number of hydrogen-bond donors (Lipinski definition) is 2. The SMILES string of the molecule is COC(=O)C(N)c1c(C(=O)O)n(Cc2csc3ccc(F)cc23)c2ccccc12. The van der Waals surface area contributed by atoms with Crippen molar-refractivity contribution in [2.75, 3.05) is 7.11 Å². The predicted molar refractivity (Wildman–Crippen MR) is 109 cm³/mol. The molecule has 1 unspecified atom stereocenters. The van der Waals surface area contributed by atoms with E-state index in [0.29, 0.717) is 10.9 Å². The van der Waals surface area contributed by atoms with E-state index in [4.69, 9.17) is 10.5 Å². The summed E-state index contributed by atoms with van der Waals surface area (Å²) < 4.78 is 21.0. The van der Waals surface area contributed by atoms with Crippen LogP contribution in [0.4, 0.5) is 4.39 Å². The fourth-order valence-electron chi connectivity index (χ4n) is 3.63. The Morgan fingerprint density at radius 2 is 2.00 bits per heavy atom. The third kappa shape index (κ3) is 3.16. The zero-order chi connectivity index (χ0) is 20.7. The molecule has 4 aromatic rings. The molecule has 0 aliphatic rings. The number of carbonyl (C=O) groups is 2. The lowest BCUT2D eigenvalue weighted by atomic mass is 10.0. The standard InChI is InChI=1S/C21H17FN2O4S/c1-28-21(27)18(23)17-13-4-2-3-5-15(13)24(19(17)20(25)26)9-11-10-29-16-7-6-12(22)8-14(11)16/h2-8,10,18H,9,23H2,1H3,(H,25,26). The molecular formula is C21H17FN2O4S. The number of carboxylic acids is 1. The van der Waals surface area contributed by atoms with Crippen LogP contribution in [0.2, 0.25) is 0 Å². The van der Waals surface area contributed by atoms with Crippen molar-refractivity contribution in [3.05, 3.63) is 70.5 Å². The van der Waals surface area contributed by atoms with Crippen LogP contribution in [-0.2, 0) is 16.1 Å². The number of hydrogen-bond acceptors (Lipinski definition) is 5. The van der Waals surface area contributed by atoms with E-state index in [1.165, 1.54) is 30.6 Å². The lowest BCUT2D eigenvalue weighted by Crippen LogP contribution is -2.25. The van der Waals surface area contributed by atoms with E-state index in [1.54, 1.807) is 34.9 Å². The van der Waals surface area contributed by atoms with E-state index in [2.05, 4.69) is 0 Å². The van der Waals surface area contributed by atoms with Gasteiger partial charge in [0, 0.05) is 33.1 Å². The summed E-state index contributed by atoms with van der Waals surface area (Å²) in [5.41, 5.74) is 7.57. The van der Waals surface area contributed by atoms with Crippen molar-refractivity contribution in [1.82, 2.24) is 4.57 Å². The first-order valence-corrected chi connectivity index (χ1v) is 9.63. The Morgan fingerprint density at radius 3 is 2.72 bits per heavy atom. The van der Waals surface area contributed by atoms with Gasteiger partial charge in [0.25, 0.3) is 0 Å². The zero-order valence-corrected chi connectivity index (χ0v) is 16.2. The number of aromatic nitrogens is 1. The van der Waals surface area contributed by atoms with E-state index < -0.39 is 18.0 Å². The number of nitrogens with two attached hydrogens (primary N) is 1. The minimum atomic E-state index is -1.24. The summed E-state index contributed by atoms with van der Waals surface area (Å²) >= 11 is 1.46. The zero-order valence-electron chi connectivity index (χ0n) is 15.4. The first kappa shape index (κ1) is 19.1. The Kier molecular flexibility index (Phi) is 4.81. The summed E-state index contributed by atoms with van der Waals surface area (Å²) in [6.07, 6.45) is 0. The number of thiophene rings is 1. The number of halogens is 1. The molecule has 3 N–H and O–H groups in total. The lowest BCUT2D eigenvalue weighted by Gasteiger charge is -2.12. The molecule has 1 atom stereocenters. The predicted octanol–water partition coefficient (Wildman–Crippen LogP) is 3.91. The van der Waals surface area contributed by atoms with E-state index in [1.807, 2.05) is 5.38 Å². The molecule has 0 saturated heterocycles. The summed E-state index contributed by atoms with van der Waals surface area (Å²) in [5, 5.41) is 13.1. The van der Waals surface area contributed by atoms with Crippen molar-refractivity contribution in [1.29, 1.82) is 0 Å². The van der Waals surface area contributed by atoms with Crippen LogP contribution in [0.15, 0.2) is 47.8 Å². The largest absolute Gasteiger partial charge is 0.477 e. The monoisotopic (exact) mass is 412 g/mol. The summed E-state index contributed by atoms with van der Waals surface area (Å²) in [6.45, 7) is 0.194. The number of esters is 1. The Bertz CT molecular complexity index is 1260. The smallest absolute Gasteiger partial charge is 0.352 e. The summed E-state index contributed by atoms with van der Waals surface area (Å²) in [4.78, 5) is 24.3. The van der Waals surface area contributed by atoms with Crippen LogP contribution >= 0.6 is 11.3 Å². The minimum absolute atomic E-state index is 0.0835. The number of carbonyl (C=O) groups excluding carboxylic acids is 1. The normalized spacial score (nSPS) is 12.4. The average molecular weight is 412 g/mol. The van der Waals surface area contributed by atoms with E-state index in [-0.39, 0.29) is 23.6 Å². The summed E-state index contributed by atoms with van der Waals surface area (Å²) in [6, 6.07) is 10.3. The molecule has 8 heteroatoms. The molecule has 29 heavy (non-hydrogen) atoms. The van der Waals surface area contributed by atoms with Gasteiger partial charge < -0.3 is 20.1 Å². The molecule has 0 radical (unpaired) electrons. The molecule has 0 spiro atoms. The van der Waals surface area contributed by atoms with E-state index in [9.17, 15) is 19.1 Å². The van der Waals surface area contributed by atoms with Gasteiger partial charge in [0.15, 0.2) is 0 Å². The van der Waals surface area contributed by atoms with Gasteiger partial charge in [0.2, 0.25) is 0 Å². The van der Waals surface area contributed by atoms with Gasteiger partial charge in [-0.1, -0.05) is 18.2 Å². The maximum Gasteiger partial charge on any atom is 0.352 e. The first-order valence-electron chi connectivity index (χ1n) is 8.75. The Morgan fingerprint density at radius 1 is 1.24 bits per heavy atom. The Labute approximate surface area is 168 Å². The number of para-hydroxylation sites is 1. The number of benzene rings is 2. The molecule has 148 valence electrons. The third-order valence-electron chi connectivity index (χ3n) is 4.92. The van der Waals surface area contributed by atoms with Crippen LogP contribution in [0, 0.1) is 5.82 Å². The molecule has 2 aromatic heterocycles. The number of rotatable bonds is 5. The van der Waals surface area contributed by atoms with Crippen LogP contribution in [-0.4, -0.2) is 28.7 Å². The van der Waals surface area contributed by atoms with Gasteiger partial charge in [-0.25, -0.2) is 9.18 Å². The molecule has 0 fully saturated rings. The molecule has 0 saturated carbocycles. The molecule has 0 bridgehead atoms. The summed E-state index contributed by atoms with van der Waals surface area (Å²) in [5.74, 6) is -2.29. The van der Waals surface area contributed by atoms with Crippen molar-refractivity contribution in [3.63, 3.8) is 0 Å². The van der Waals surface area contributed by atoms with Crippen LogP contribution in [0.1, 0.15) is 27.7 Å². The van der Waals surface area contributed by atoms with Crippen molar-refractivity contribution in [2.45, 2.75) is 12.6 Å². The minimum Gasteiger partial charge on any atom is -0.477 e. The molecule has 0 aliphatic carbocycles. The Balaban J connectivity index is 1.96. The van der Waals surface area contributed by atoms with Crippen LogP contribution in [0.25, 0.3) is 21.0 Å². The highest BCUT2D eigenvalue weighted by atomic mass is 32.1. The number of ether oxygens (including phenoxy) is 1. The fraction of sp³-hybridized carbons (Fsp3) is 0.143. The van der Waals surface area contributed by atoms with Gasteiger partial charge in [-0.15, -0.1) is 11.3 Å². The fourth-order valence-corrected chi connectivity index (χ4v) is 4.57. The number of methoxy groups -OCH3 is 1. The topological polar surface area (TPSA) is 94.6 Å². The maximum atomic E-state index is 13.8. The van der Waals surface area contributed by atoms with Gasteiger partial charge in [0.1, 0.15) is 17.6 Å². The van der Waals surface area contributed by atoms with Crippen LogP contribution in [0.5, 0.6) is 0 Å². The number of carboxylic acid groups (broad SMARTS) is 1. The highest BCUT2D eigenvalue weighted by molar-refractivity contribution is 7.17. The molecular weight excluding hydrogens is 395 g/mol. The van der Waals surface area contributed by atoms with Gasteiger partial charge in [0.05, 0.1) is 7.11 Å². The number of nitrogens with zero attached hydrogens (tertiary/aromatic N) is 1. The highest BCUT2D eigenvalue weighted by Gasteiger charge is 2.30. The molecule has 0 aliphatic heterocycles. The van der Waals surface area contributed by atoms with Crippen LogP contribution in [0.3, 0.4) is 0 Å². The first-order chi connectivity index (χ1) is 13.9. The number of fused-ring (bicyclic) bond motifs is 2. The number of aromatic carboxylic acids is 1. The van der Waals surface area contributed by atoms with Gasteiger partial charge in [-0.3, -0.25) is 4.79 Å². The molecule has 6 nitrogen and oxygen atoms in total.